The lowest BCUT2D eigenvalue weighted by atomic mass is 9.86. The summed E-state index contributed by atoms with van der Waals surface area (Å²) in [4.78, 5) is 25.8. The van der Waals surface area contributed by atoms with Gasteiger partial charge >= 0.3 is 0 Å². The second-order valence-electron chi connectivity index (χ2n) is 6.07. The van der Waals surface area contributed by atoms with Crippen LogP contribution in [0.15, 0.2) is 0 Å². The van der Waals surface area contributed by atoms with Crippen LogP contribution in [-0.2, 0) is 9.59 Å². The minimum absolute atomic E-state index is 0.0345. The van der Waals surface area contributed by atoms with Crippen LogP contribution in [0.1, 0.15) is 45.4 Å². The van der Waals surface area contributed by atoms with Crippen LogP contribution in [0, 0.1) is 5.92 Å². The lowest BCUT2D eigenvalue weighted by Crippen LogP contribution is -2.47. The van der Waals surface area contributed by atoms with Crippen LogP contribution in [0.3, 0.4) is 0 Å². The zero-order chi connectivity index (χ0) is 14.4. The number of hydrogen-bond acceptors (Lipinski definition) is 3. The highest BCUT2D eigenvalue weighted by molar-refractivity contribution is 5.84. The second kappa shape index (κ2) is 7.62. The lowest BCUT2D eigenvalue weighted by molar-refractivity contribution is -0.134. The molecule has 0 bridgehead atoms. The minimum atomic E-state index is 0.0345. The average molecular weight is 281 g/mol. The smallest absolute Gasteiger partial charge is 0.223 e. The Labute approximate surface area is 121 Å². The molecule has 0 spiro atoms. The molecule has 1 saturated carbocycles. The van der Waals surface area contributed by atoms with Crippen LogP contribution in [0.2, 0.25) is 0 Å². The number of carbonyl (C=O) groups excluding carboxylic acids is 2. The summed E-state index contributed by atoms with van der Waals surface area (Å²) < 4.78 is 0. The van der Waals surface area contributed by atoms with Crippen molar-refractivity contribution in [3.8, 4) is 0 Å². The van der Waals surface area contributed by atoms with Crippen LogP contribution in [0.5, 0.6) is 0 Å². The Hall–Kier alpha value is -1.10. The van der Waals surface area contributed by atoms with Gasteiger partial charge in [0.15, 0.2) is 0 Å². The van der Waals surface area contributed by atoms with Gasteiger partial charge < -0.3 is 15.5 Å². The van der Waals surface area contributed by atoms with Gasteiger partial charge in [-0.15, -0.1) is 0 Å². The molecule has 5 heteroatoms. The standard InChI is InChI=1S/C15H27N3O2/c1-12-4-2-3-5-13(12)17-14(19)6-7-15(20)18-10-8-16-9-11-18/h12-13,16H,2-11H2,1H3,(H,17,19). The molecule has 0 aromatic carbocycles. The predicted octanol–water partition coefficient (Wildman–Crippen LogP) is 0.893. The van der Waals surface area contributed by atoms with E-state index in [0.717, 1.165) is 32.6 Å². The van der Waals surface area contributed by atoms with Crippen LogP contribution in [0.25, 0.3) is 0 Å². The molecule has 2 unspecified atom stereocenters. The molecular weight excluding hydrogens is 254 g/mol. The largest absolute Gasteiger partial charge is 0.353 e. The molecule has 1 saturated heterocycles. The van der Waals surface area contributed by atoms with Gasteiger partial charge in [-0.25, -0.2) is 0 Å². The first-order chi connectivity index (χ1) is 9.66. The van der Waals surface area contributed by atoms with E-state index in [1.165, 1.54) is 19.3 Å². The quantitative estimate of drug-likeness (QED) is 0.804. The topological polar surface area (TPSA) is 61.4 Å². The number of amides is 2. The van der Waals surface area contributed by atoms with Crippen LogP contribution in [-0.4, -0.2) is 48.9 Å². The van der Waals surface area contributed by atoms with Crippen molar-refractivity contribution < 1.29 is 9.59 Å². The van der Waals surface area contributed by atoms with E-state index in [1.54, 1.807) is 0 Å². The predicted molar refractivity (Wildman–Crippen MR) is 78.2 cm³/mol. The second-order valence-corrected chi connectivity index (χ2v) is 6.07. The summed E-state index contributed by atoms with van der Waals surface area (Å²) in [7, 11) is 0. The Morgan fingerprint density at radius 1 is 1.15 bits per heavy atom. The van der Waals surface area contributed by atoms with E-state index in [0.29, 0.717) is 24.8 Å². The Bertz CT molecular complexity index is 340. The van der Waals surface area contributed by atoms with Gasteiger partial charge in [-0.05, 0) is 18.8 Å². The number of nitrogens with zero attached hydrogens (tertiary/aromatic N) is 1. The highest BCUT2D eigenvalue weighted by atomic mass is 16.2. The van der Waals surface area contributed by atoms with Gasteiger partial charge in [-0.2, -0.15) is 0 Å². The normalized spacial score (nSPS) is 27.1. The molecule has 0 aromatic heterocycles. The molecule has 20 heavy (non-hydrogen) atoms. The van der Waals surface area contributed by atoms with Crippen molar-refractivity contribution in [1.82, 2.24) is 15.5 Å². The molecule has 5 nitrogen and oxygen atoms in total. The van der Waals surface area contributed by atoms with Gasteiger partial charge in [0.05, 0.1) is 0 Å². The Morgan fingerprint density at radius 3 is 2.55 bits per heavy atom. The maximum Gasteiger partial charge on any atom is 0.223 e. The first-order valence-electron chi connectivity index (χ1n) is 7.94. The van der Waals surface area contributed by atoms with Crippen molar-refractivity contribution >= 4 is 11.8 Å². The fourth-order valence-electron chi connectivity index (χ4n) is 3.10. The van der Waals surface area contributed by atoms with Crippen molar-refractivity contribution in [2.45, 2.75) is 51.5 Å². The van der Waals surface area contributed by atoms with E-state index >= 15 is 0 Å². The molecule has 1 heterocycles. The van der Waals surface area contributed by atoms with Gasteiger partial charge in [0, 0.05) is 45.1 Å². The highest BCUT2D eigenvalue weighted by Crippen LogP contribution is 2.23. The van der Waals surface area contributed by atoms with Gasteiger partial charge in [0.25, 0.3) is 0 Å². The molecular formula is C15H27N3O2. The third-order valence-electron chi connectivity index (χ3n) is 4.49. The number of rotatable bonds is 4. The van der Waals surface area contributed by atoms with Gasteiger partial charge in [-0.3, -0.25) is 9.59 Å². The van der Waals surface area contributed by atoms with Crippen molar-refractivity contribution in [1.29, 1.82) is 0 Å². The van der Waals surface area contributed by atoms with Gasteiger partial charge in [0.2, 0.25) is 11.8 Å². The molecule has 2 atom stereocenters. The number of carbonyl (C=O) groups is 2. The van der Waals surface area contributed by atoms with Gasteiger partial charge in [0.1, 0.15) is 0 Å². The molecule has 2 aliphatic rings. The summed E-state index contributed by atoms with van der Waals surface area (Å²) in [6.45, 7) is 5.45. The molecule has 2 fully saturated rings. The highest BCUT2D eigenvalue weighted by Gasteiger charge is 2.23. The summed E-state index contributed by atoms with van der Waals surface area (Å²) in [5.74, 6) is 0.710. The molecule has 2 rings (SSSR count). The maximum absolute atomic E-state index is 12.0. The fraction of sp³-hybridized carbons (Fsp3) is 0.867. The minimum Gasteiger partial charge on any atom is -0.353 e. The molecule has 0 radical (unpaired) electrons. The average Bonchev–Trinajstić information content (AvgIpc) is 2.48. The van der Waals surface area contributed by atoms with Crippen LogP contribution in [0.4, 0.5) is 0 Å². The molecule has 114 valence electrons. The Morgan fingerprint density at radius 2 is 1.85 bits per heavy atom. The van der Waals surface area contributed by atoms with Crippen LogP contribution >= 0.6 is 0 Å². The van der Waals surface area contributed by atoms with Crippen molar-refractivity contribution in [2.24, 2.45) is 5.92 Å². The summed E-state index contributed by atoms with van der Waals surface area (Å²) in [5, 5.41) is 6.33. The van der Waals surface area contributed by atoms with Crippen molar-refractivity contribution in [3.05, 3.63) is 0 Å². The Balaban J connectivity index is 1.67. The first-order valence-corrected chi connectivity index (χ1v) is 7.94. The number of hydrogen-bond donors (Lipinski definition) is 2. The third-order valence-corrected chi connectivity index (χ3v) is 4.49. The summed E-state index contributed by atoms with van der Waals surface area (Å²) in [6, 6.07) is 0.311. The van der Waals surface area contributed by atoms with E-state index < -0.39 is 0 Å². The zero-order valence-electron chi connectivity index (χ0n) is 12.5. The van der Waals surface area contributed by atoms with E-state index in [1.807, 2.05) is 4.90 Å². The van der Waals surface area contributed by atoms with Crippen molar-refractivity contribution in [3.63, 3.8) is 0 Å². The Kier molecular flexibility index (Phi) is 5.83. The fourth-order valence-corrected chi connectivity index (χ4v) is 3.10. The van der Waals surface area contributed by atoms with E-state index in [4.69, 9.17) is 0 Å². The number of nitrogens with one attached hydrogen (secondary N) is 2. The summed E-state index contributed by atoms with van der Waals surface area (Å²) in [6.07, 6.45) is 5.42. The van der Waals surface area contributed by atoms with Crippen molar-refractivity contribution in [2.75, 3.05) is 26.2 Å². The molecule has 2 N–H and O–H groups in total. The first kappa shape index (κ1) is 15.3. The summed E-state index contributed by atoms with van der Waals surface area (Å²) in [5.41, 5.74) is 0. The monoisotopic (exact) mass is 281 g/mol. The van der Waals surface area contributed by atoms with E-state index in [-0.39, 0.29) is 11.8 Å². The molecule has 2 amide bonds. The molecule has 0 aromatic rings. The van der Waals surface area contributed by atoms with E-state index in [2.05, 4.69) is 17.6 Å². The zero-order valence-corrected chi connectivity index (χ0v) is 12.5. The third kappa shape index (κ3) is 4.47. The van der Waals surface area contributed by atoms with Gasteiger partial charge in [-0.1, -0.05) is 19.8 Å². The van der Waals surface area contributed by atoms with Crippen LogP contribution < -0.4 is 10.6 Å². The SMILES string of the molecule is CC1CCCCC1NC(=O)CCC(=O)N1CCNCC1. The summed E-state index contributed by atoms with van der Waals surface area (Å²) >= 11 is 0. The van der Waals surface area contributed by atoms with E-state index in [9.17, 15) is 9.59 Å². The number of piperazine rings is 1. The lowest BCUT2D eigenvalue weighted by Gasteiger charge is -2.30. The molecule has 1 aliphatic heterocycles. The molecule has 1 aliphatic carbocycles. The maximum atomic E-state index is 12.0.